The van der Waals surface area contributed by atoms with Gasteiger partial charge < -0.3 is 18.3 Å². The van der Waals surface area contributed by atoms with E-state index in [2.05, 4.69) is 26.0 Å². The Labute approximate surface area is 141 Å². The van der Waals surface area contributed by atoms with Crippen molar-refractivity contribution in [3.8, 4) is 5.75 Å². The fourth-order valence-corrected chi connectivity index (χ4v) is 4.35. The van der Waals surface area contributed by atoms with Crippen LogP contribution >= 0.6 is 0 Å². The highest BCUT2D eigenvalue weighted by Crippen LogP contribution is 2.34. The van der Waals surface area contributed by atoms with Crippen LogP contribution in [0, 0.1) is 5.92 Å². The maximum Gasteiger partial charge on any atom is 0.355 e. The van der Waals surface area contributed by atoms with E-state index in [9.17, 15) is 0 Å². The molecule has 4 nitrogen and oxygen atoms in total. The third-order valence-electron chi connectivity index (χ3n) is 4.03. The van der Waals surface area contributed by atoms with Gasteiger partial charge in [-0.15, -0.1) is 0 Å². The van der Waals surface area contributed by atoms with Crippen molar-refractivity contribution in [3.05, 3.63) is 23.8 Å². The van der Waals surface area contributed by atoms with Gasteiger partial charge in [-0.2, -0.15) is 0 Å². The van der Waals surface area contributed by atoms with Gasteiger partial charge in [-0.25, -0.2) is 0 Å². The van der Waals surface area contributed by atoms with E-state index in [1.807, 2.05) is 26.8 Å². The van der Waals surface area contributed by atoms with Crippen LogP contribution in [0.3, 0.4) is 0 Å². The fraction of sp³-hybridized carbons (Fsp3) is 0.667. The molecule has 0 radical (unpaired) electrons. The lowest BCUT2D eigenvalue weighted by molar-refractivity contribution is -0.198. The summed E-state index contributed by atoms with van der Waals surface area (Å²) in [7, 11) is -1.81. The van der Waals surface area contributed by atoms with Gasteiger partial charge in [0.15, 0.2) is 0 Å². The molecule has 0 saturated carbocycles. The number of benzene rings is 1. The van der Waals surface area contributed by atoms with Gasteiger partial charge in [0.1, 0.15) is 5.75 Å². The van der Waals surface area contributed by atoms with Crippen LogP contribution in [0.5, 0.6) is 5.75 Å². The van der Waals surface area contributed by atoms with Gasteiger partial charge in [0, 0.05) is 32.1 Å². The third-order valence-corrected chi connectivity index (χ3v) is 6.20. The highest BCUT2D eigenvalue weighted by atomic mass is 28.3. The summed E-state index contributed by atoms with van der Waals surface area (Å²) in [6.45, 7) is 12.4. The second kappa shape index (κ2) is 8.28. The minimum absolute atomic E-state index is 0.518. The molecule has 0 spiro atoms. The highest BCUT2D eigenvalue weighted by molar-refractivity contribution is 6.61. The largest absolute Gasteiger partial charge is 0.462 e. The monoisotopic (exact) mass is 338 g/mol. The van der Waals surface area contributed by atoms with Crippen molar-refractivity contribution in [1.82, 2.24) is 0 Å². The number of hydrogen-bond donors (Lipinski definition) is 0. The Balaban J connectivity index is 2.11. The van der Waals surface area contributed by atoms with Gasteiger partial charge in [-0.1, -0.05) is 19.9 Å². The second-order valence-electron chi connectivity index (χ2n) is 6.57. The van der Waals surface area contributed by atoms with Crippen LogP contribution in [0.2, 0.25) is 0 Å². The quantitative estimate of drug-likeness (QED) is 0.682. The smallest absolute Gasteiger partial charge is 0.355 e. The van der Waals surface area contributed by atoms with Crippen LogP contribution in [0.15, 0.2) is 18.2 Å². The molecule has 0 aromatic heterocycles. The SMILES string of the molecule is CCO[SiH](OCC)c1ccc2c(c1)COC(C)(CCC(C)C)O2. The molecular weight excluding hydrogens is 308 g/mol. The van der Waals surface area contributed by atoms with E-state index < -0.39 is 15.1 Å². The summed E-state index contributed by atoms with van der Waals surface area (Å²) in [4.78, 5) is 0. The van der Waals surface area contributed by atoms with Crippen LogP contribution in [-0.2, 0) is 20.2 Å². The number of ether oxygens (including phenoxy) is 2. The van der Waals surface area contributed by atoms with Crippen LogP contribution in [-0.4, -0.2) is 28.3 Å². The molecule has 1 unspecified atom stereocenters. The Kier molecular flexibility index (Phi) is 6.65. The summed E-state index contributed by atoms with van der Waals surface area (Å²) in [6.07, 6.45) is 1.99. The number of rotatable bonds is 8. The maximum absolute atomic E-state index is 6.14. The van der Waals surface area contributed by atoms with Crippen molar-refractivity contribution in [2.24, 2.45) is 5.92 Å². The van der Waals surface area contributed by atoms with Crippen molar-refractivity contribution in [3.63, 3.8) is 0 Å². The van der Waals surface area contributed by atoms with Gasteiger partial charge in [-0.05, 0) is 43.5 Å². The Morgan fingerprint density at radius 3 is 2.52 bits per heavy atom. The van der Waals surface area contributed by atoms with Crippen molar-refractivity contribution in [2.75, 3.05) is 13.2 Å². The van der Waals surface area contributed by atoms with E-state index >= 15 is 0 Å². The third kappa shape index (κ3) is 5.04. The van der Waals surface area contributed by atoms with Crippen molar-refractivity contribution in [2.45, 2.75) is 59.9 Å². The second-order valence-corrected chi connectivity index (χ2v) is 8.56. The first-order valence-electron chi connectivity index (χ1n) is 8.66. The van der Waals surface area contributed by atoms with Crippen LogP contribution in [0.4, 0.5) is 0 Å². The molecule has 0 aliphatic carbocycles. The van der Waals surface area contributed by atoms with Crippen molar-refractivity contribution < 1.29 is 18.3 Å². The summed E-state index contributed by atoms with van der Waals surface area (Å²) in [5.74, 6) is 1.05. The average molecular weight is 339 g/mol. The van der Waals surface area contributed by atoms with Crippen LogP contribution in [0.25, 0.3) is 0 Å². The van der Waals surface area contributed by atoms with Crippen LogP contribution < -0.4 is 9.92 Å². The molecule has 130 valence electrons. The minimum atomic E-state index is -1.81. The predicted octanol–water partition coefficient (Wildman–Crippen LogP) is 3.25. The zero-order valence-electron chi connectivity index (χ0n) is 15.1. The molecule has 5 heteroatoms. The molecule has 1 heterocycles. The molecule has 1 aromatic rings. The summed E-state index contributed by atoms with van der Waals surface area (Å²) < 4.78 is 23.7. The molecular formula is C18H30O4Si. The molecule has 1 aliphatic heterocycles. The lowest BCUT2D eigenvalue weighted by Crippen LogP contribution is -2.41. The van der Waals surface area contributed by atoms with E-state index in [-0.39, 0.29) is 0 Å². The van der Waals surface area contributed by atoms with E-state index in [1.54, 1.807) is 0 Å². The Hall–Kier alpha value is -0.883. The summed E-state index contributed by atoms with van der Waals surface area (Å²) >= 11 is 0. The lowest BCUT2D eigenvalue weighted by Gasteiger charge is -2.36. The summed E-state index contributed by atoms with van der Waals surface area (Å²) in [5.41, 5.74) is 1.08. The molecule has 0 fully saturated rings. The lowest BCUT2D eigenvalue weighted by atomic mass is 10.0. The van der Waals surface area contributed by atoms with Gasteiger partial charge >= 0.3 is 9.28 Å². The van der Waals surface area contributed by atoms with E-state index in [0.717, 1.165) is 29.3 Å². The van der Waals surface area contributed by atoms with Gasteiger partial charge in [0.2, 0.25) is 5.79 Å². The topological polar surface area (TPSA) is 36.9 Å². The zero-order chi connectivity index (χ0) is 16.9. The molecule has 1 atom stereocenters. The first kappa shape index (κ1) is 18.5. The number of hydrogen-bond acceptors (Lipinski definition) is 4. The Morgan fingerprint density at radius 1 is 1.22 bits per heavy atom. The summed E-state index contributed by atoms with van der Waals surface area (Å²) in [5, 5.41) is 1.14. The van der Waals surface area contributed by atoms with Gasteiger partial charge in [0.05, 0.1) is 6.61 Å². The molecule has 1 aliphatic rings. The predicted molar refractivity (Wildman–Crippen MR) is 94.4 cm³/mol. The van der Waals surface area contributed by atoms with Crippen molar-refractivity contribution >= 4 is 14.5 Å². The molecule has 0 saturated heterocycles. The average Bonchev–Trinajstić information content (AvgIpc) is 2.52. The van der Waals surface area contributed by atoms with Gasteiger partial charge in [-0.3, -0.25) is 0 Å². The van der Waals surface area contributed by atoms with E-state index in [1.165, 1.54) is 0 Å². The van der Waals surface area contributed by atoms with E-state index in [0.29, 0.717) is 25.7 Å². The molecule has 1 aromatic carbocycles. The standard InChI is InChI=1S/C18H30O4Si/c1-6-20-23(21-7-2)16-8-9-17-15(12-16)13-19-18(5,22-17)11-10-14(3)4/h8-9,12,14,23H,6-7,10-11,13H2,1-5H3. The Bertz CT molecular complexity index is 500. The van der Waals surface area contributed by atoms with Gasteiger partial charge in [0.25, 0.3) is 0 Å². The first-order valence-corrected chi connectivity index (χ1v) is 10.2. The van der Waals surface area contributed by atoms with Crippen molar-refractivity contribution in [1.29, 1.82) is 0 Å². The summed E-state index contributed by atoms with van der Waals surface area (Å²) in [6, 6.07) is 6.24. The number of fused-ring (bicyclic) bond motifs is 1. The Morgan fingerprint density at radius 2 is 1.91 bits per heavy atom. The maximum atomic E-state index is 6.14. The van der Waals surface area contributed by atoms with Crippen LogP contribution in [0.1, 0.15) is 53.0 Å². The fourth-order valence-electron chi connectivity index (χ4n) is 2.67. The molecule has 0 N–H and O–H groups in total. The molecule has 23 heavy (non-hydrogen) atoms. The first-order chi connectivity index (χ1) is 11.0. The zero-order valence-corrected chi connectivity index (χ0v) is 16.2. The van der Waals surface area contributed by atoms with E-state index in [4.69, 9.17) is 18.3 Å². The normalized spacial score (nSPS) is 20.7. The highest BCUT2D eigenvalue weighted by Gasteiger charge is 2.33. The molecule has 2 rings (SSSR count). The molecule has 0 amide bonds. The minimum Gasteiger partial charge on any atom is -0.462 e. The molecule has 0 bridgehead atoms.